The van der Waals surface area contributed by atoms with Crippen molar-refractivity contribution in [3.63, 3.8) is 0 Å². The number of aliphatic hydroxyl groups excluding tert-OH is 1. The lowest BCUT2D eigenvalue weighted by Crippen LogP contribution is -2.14. The zero-order chi connectivity index (χ0) is 18.8. The number of benzene rings is 2. The SMILES string of the molecule is OC(CNc1ccc2nnc(-c3ccccc3)n2n1)c1ccc(Cl)c(F)c1. The van der Waals surface area contributed by atoms with Gasteiger partial charge in [-0.05, 0) is 29.8 Å². The molecular weight excluding hydrogens is 369 g/mol. The van der Waals surface area contributed by atoms with Crippen LogP contribution in [0.15, 0.2) is 60.7 Å². The van der Waals surface area contributed by atoms with Gasteiger partial charge in [-0.25, -0.2) is 4.39 Å². The molecule has 2 N–H and O–H groups in total. The molecule has 0 saturated heterocycles. The number of aliphatic hydroxyl groups is 1. The fraction of sp³-hybridized carbons (Fsp3) is 0.105. The van der Waals surface area contributed by atoms with E-state index in [0.717, 1.165) is 5.56 Å². The van der Waals surface area contributed by atoms with Crippen molar-refractivity contribution in [3.05, 3.63) is 77.1 Å². The van der Waals surface area contributed by atoms with Gasteiger partial charge < -0.3 is 10.4 Å². The maximum Gasteiger partial charge on any atom is 0.185 e. The molecule has 4 rings (SSSR count). The summed E-state index contributed by atoms with van der Waals surface area (Å²) in [5, 5.41) is 26.1. The van der Waals surface area contributed by atoms with Crippen molar-refractivity contribution in [2.24, 2.45) is 0 Å². The zero-order valence-corrected chi connectivity index (χ0v) is 14.8. The largest absolute Gasteiger partial charge is 0.387 e. The summed E-state index contributed by atoms with van der Waals surface area (Å²) in [4.78, 5) is 0. The van der Waals surface area contributed by atoms with Crippen LogP contribution in [0.2, 0.25) is 5.02 Å². The average molecular weight is 384 g/mol. The number of nitrogens with zero attached hydrogens (tertiary/aromatic N) is 4. The fourth-order valence-corrected chi connectivity index (χ4v) is 2.81. The molecule has 0 amide bonds. The third kappa shape index (κ3) is 3.60. The molecule has 0 aliphatic carbocycles. The van der Waals surface area contributed by atoms with Gasteiger partial charge in [-0.1, -0.05) is 48.0 Å². The van der Waals surface area contributed by atoms with Crippen LogP contribution in [0.1, 0.15) is 11.7 Å². The molecule has 0 fully saturated rings. The van der Waals surface area contributed by atoms with Gasteiger partial charge in [0, 0.05) is 12.1 Å². The highest BCUT2D eigenvalue weighted by Crippen LogP contribution is 2.21. The molecule has 27 heavy (non-hydrogen) atoms. The van der Waals surface area contributed by atoms with Crippen LogP contribution in [-0.4, -0.2) is 31.5 Å². The molecule has 0 bridgehead atoms. The van der Waals surface area contributed by atoms with E-state index in [-0.39, 0.29) is 11.6 Å². The number of hydrogen-bond donors (Lipinski definition) is 2. The minimum atomic E-state index is -0.913. The normalized spacial score (nSPS) is 12.3. The third-order valence-corrected chi connectivity index (χ3v) is 4.41. The van der Waals surface area contributed by atoms with Crippen molar-refractivity contribution in [2.75, 3.05) is 11.9 Å². The molecule has 2 aromatic heterocycles. The molecule has 2 heterocycles. The van der Waals surface area contributed by atoms with Crippen molar-refractivity contribution in [3.8, 4) is 11.4 Å². The zero-order valence-electron chi connectivity index (χ0n) is 14.0. The number of anilines is 1. The fourth-order valence-electron chi connectivity index (χ4n) is 2.69. The standard InChI is InChI=1S/C19H15ClFN5O/c20-14-7-6-13(10-15(14)21)16(27)11-22-17-8-9-18-23-24-19(26(18)25-17)12-4-2-1-3-5-12/h1-10,16,27H,11H2,(H,22,25). The van der Waals surface area contributed by atoms with Crippen molar-refractivity contribution >= 4 is 23.1 Å². The average Bonchev–Trinajstić information content (AvgIpc) is 3.12. The molecule has 0 saturated carbocycles. The van der Waals surface area contributed by atoms with Gasteiger partial charge >= 0.3 is 0 Å². The molecule has 6 nitrogen and oxygen atoms in total. The second kappa shape index (κ2) is 7.30. The predicted molar refractivity (Wildman–Crippen MR) is 101 cm³/mol. The summed E-state index contributed by atoms with van der Waals surface area (Å²) in [7, 11) is 0. The van der Waals surface area contributed by atoms with E-state index in [1.807, 2.05) is 30.3 Å². The highest BCUT2D eigenvalue weighted by molar-refractivity contribution is 6.30. The lowest BCUT2D eigenvalue weighted by molar-refractivity contribution is 0.191. The third-order valence-electron chi connectivity index (χ3n) is 4.10. The second-order valence-electron chi connectivity index (χ2n) is 5.95. The Hall–Kier alpha value is -3.03. The summed E-state index contributed by atoms with van der Waals surface area (Å²) in [6.07, 6.45) is -0.913. The topological polar surface area (TPSA) is 75.3 Å². The Balaban J connectivity index is 1.55. The Kier molecular flexibility index (Phi) is 4.70. The second-order valence-corrected chi connectivity index (χ2v) is 6.36. The quantitative estimate of drug-likeness (QED) is 0.549. The van der Waals surface area contributed by atoms with E-state index in [2.05, 4.69) is 20.6 Å². The molecule has 0 radical (unpaired) electrons. The minimum absolute atomic E-state index is 0.0204. The van der Waals surface area contributed by atoms with Crippen LogP contribution in [0.4, 0.5) is 10.2 Å². The smallest absolute Gasteiger partial charge is 0.185 e. The van der Waals surface area contributed by atoms with Crippen LogP contribution >= 0.6 is 11.6 Å². The molecule has 4 aromatic rings. The van der Waals surface area contributed by atoms with Crippen molar-refractivity contribution in [1.82, 2.24) is 19.8 Å². The van der Waals surface area contributed by atoms with Crippen LogP contribution in [0.3, 0.4) is 0 Å². The Bertz CT molecular complexity index is 1090. The van der Waals surface area contributed by atoms with E-state index in [1.54, 1.807) is 22.7 Å². The first-order chi connectivity index (χ1) is 13.1. The number of halogens is 2. The number of nitrogens with one attached hydrogen (secondary N) is 1. The molecule has 136 valence electrons. The lowest BCUT2D eigenvalue weighted by atomic mass is 10.1. The van der Waals surface area contributed by atoms with Crippen molar-refractivity contribution in [2.45, 2.75) is 6.10 Å². The van der Waals surface area contributed by atoms with E-state index >= 15 is 0 Å². The summed E-state index contributed by atoms with van der Waals surface area (Å²) in [5.74, 6) is 0.590. The minimum Gasteiger partial charge on any atom is -0.387 e. The van der Waals surface area contributed by atoms with Gasteiger partial charge in [0.1, 0.15) is 11.6 Å². The molecule has 0 spiro atoms. The van der Waals surface area contributed by atoms with Crippen LogP contribution < -0.4 is 5.32 Å². The lowest BCUT2D eigenvalue weighted by Gasteiger charge is -2.13. The molecule has 0 aliphatic heterocycles. The van der Waals surface area contributed by atoms with Gasteiger partial charge in [0.05, 0.1) is 11.1 Å². The van der Waals surface area contributed by atoms with Gasteiger partial charge in [0.25, 0.3) is 0 Å². The Morgan fingerprint density at radius 2 is 1.89 bits per heavy atom. The van der Waals surface area contributed by atoms with Gasteiger partial charge in [-0.15, -0.1) is 15.3 Å². The molecular formula is C19H15ClFN5O. The molecule has 1 unspecified atom stereocenters. The van der Waals surface area contributed by atoms with Gasteiger partial charge in [-0.3, -0.25) is 0 Å². The number of fused-ring (bicyclic) bond motifs is 1. The Labute approximate surface area is 159 Å². The number of hydrogen-bond acceptors (Lipinski definition) is 5. The van der Waals surface area contributed by atoms with E-state index < -0.39 is 11.9 Å². The van der Waals surface area contributed by atoms with E-state index in [1.165, 1.54) is 12.1 Å². The first kappa shape index (κ1) is 17.4. The van der Waals surface area contributed by atoms with Gasteiger partial charge in [0.15, 0.2) is 11.5 Å². The van der Waals surface area contributed by atoms with Crippen LogP contribution in [0.25, 0.3) is 17.0 Å². The van der Waals surface area contributed by atoms with Crippen LogP contribution in [0, 0.1) is 5.82 Å². The highest BCUT2D eigenvalue weighted by Gasteiger charge is 2.12. The summed E-state index contributed by atoms with van der Waals surface area (Å²) < 4.78 is 15.2. The summed E-state index contributed by atoms with van der Waals surface area (Å²) in [6.45, 7) is 0.155. The first-order valence-corrected chi connectivity index (χ1v) is 8.64. The molecule has 1 atom stereocenters. The van der Waals surface area contributed by atoms with Crippen LogP contribution in [-0.2, 0) is 0 Å². The van der Waals surface area contributed by atoms with E-state index in [0.29, 0.717) is 22.9 Å². The summed E-state index contributed by atoms with van der Waals surface area (Å²) in [5.41, 5.74) is 1.94. The first-order valence-electron chi connectivity index (χ1n) is 8.26. The maximum absolute atomic E-state index is 13.6. The van der Waals surface area contributed by atoms with Crippen molar-refractivity contribution in [1.29, 1.82) is 0 Å². The Morgan fingerprint density at radius 1 is 1.07 bits per heavy atom. The Morgan fingerprint density at radius 3 is 2.67 bits per heavy atom. The van der Waals surface area contributed by atoms with Gasteiger partial charge in [-0.2, -0.15) is 4.52 Å². The summed E-state index contributed by atoms with van der Waals surface area (Å²) >= 11 is 5.67. The predicted octanol–water partition coefficient (Wildman–Crippen LogP) is 3.73. The molecule has 8 heteroatoms. The monoisotopic (exact) mass is 383 g/mol. The molecule has 0 aliphatic rings. The highest BCUT2D eigenvalue weighted by atomic mass is 35.5. The molecule has 2 aromatic carbocycles. The summed E-state index contributed by atoms with van der Waals surface area (Å²) in [6, 6.07) is 17.4. The van der Waals surface area contributed by atoms with Gasteiger partial charge in [0.2, 0.25) is 0 Å². The maximum atomic E-state index is 13.6. The number of aromatic nitrogens is 4. The van der Waals surface area contributed by atoms with E-state index in [9.17, 15) is 9.50 Å². The number of rotatable bonds is 5. The van der Waals surface area contributed by atoms with Crippen molar-refractivity contribution < 1.29 is 9.50 Å². The van der Waals surface area contributed by atoms with E-state index in [4.69, 9.17) is 11.6 Å². The van der Waals surface area contributed by atoms with Crippen LogP contribution in [0.5, 0.6) is 0 Å².